The van der Waals surface area contributed by atoms with Gasteiger partial charge in [0.15, 0.2) is 5.13 Å². The van der Waals surface area contributed by atoms with E-state index >= 15 is 0 Å². The van der Waals surface area contributed by atoms with Gasteiger partial charge in [0, 0.05) is 29.6 Å². The SMILES string of the molecule is CNc1cc(-c2csc(-c3cnc(NC(=O)NCC#N)s3)n2)c(F)cc1F.COc1cccc(C=O)c1. The fraction of sp³-hybridized carbons (Fsp3) is 0.125. The van der Waals surface area contributed by atoms with Crippen molar-refractivity contribution in [2.24, 2.45) is 0 Å². The van der Waals surface area contributed by atoms with E-state index in [0.29, 0.717) is 32.0 Å². The number of nitriles is 1. The number of hydrogen-bond acceptors (Lipinski definition) is 9. The maximum atomic E-state index is 14.1. The van der Waals surface area contributed by atoms with Gasteiger partial charge in [0.25, 0.3) is 0 Å². The highest BCUT2D eigenvalue weighted by molar-refractivity contribution is 7.23. The molecule has 37 heavy (non-hydrogen) atoms. The van der Waals surface area contributed by atoms with Crippen molar-refractivity contribution in [1.82, 2.24) is 15.3 Å². The number of nitrogens with one attached hydrogen (secondary N) is 3. The van der Waals surface area contributed by atoms with Crippen molar-refractivity contribution >= 4 is 45.8 Å². The van der Waals surface area contributed by atoms with Gasteiger partial charge < -0.3 is 15.4 Å². The Kier molecular flexibility index (Phi) is 9.59. The molecule has 4 rings (SSSR count). The van der Waals surface area contributed by atoms with Crippen LogP contribution in [0.5, 0.6) is 5.75 Å². The van der Waals surface area contributed by atoms with Crippen LogP contribution in [0.3, 0.4) is 0 Å². The second-order valence-electron chi connectivity index (χ2n) is 6.99. The van der Waals surface area contributed by atoms with E-state index in [1.165, 1.54) is 34.9 Å². The number of rotatable bonds is 7. The summed E-state index contributed by atoms with van der Waals surface area (Å²) in [5.74, 6) is -0.671. The van der Waals surface area contributed by atoms with Gasteiger partial charge in [0.1, 0.15) is 35.2 Å². The number of urea groups is 1. The number of nitrogens with zero attached hydrogens (tertiary/aromatic N) is 3. The smallest absolute Gasteiger partial charge is 0.321 e. The molecule has 2 aromatic heterocycles. The Morgan fingerprint density at radius 2 is 2.05 bits per heavy atom. The number of hydrogen-bond donors (Lipinski definition) is 3. The first-order valence-corrected chi connectivity index (χ1v) is 12.2. The lowest BCUT2D eigenvalue weighted by Crippen LogP contribution is -2.28. The van der Waals surface area contributed by atoms with E-state index in [2.05, 4.69) is 25.9 Å². The molecule has 2 aromatic carbocycles. The minimum Gasteiger partial charge on any atom is -0.497 e. The number of aldehydes is 1. The van der Waals surface area contributed by atoms with Crippen molar-refractivity contribution in [3.05, 3.63) is 65.2 Å². The van der Waals surface area contributed by atoms with Crippen molar-refractivity contribution in [3.8, 4) is 33.0 Å². The van der Waals surface area contributed by atoms with Crippen LogP contribution in [0.2, 0.25) is 0 Å². The molecule has 0 bridgehead atoms. The van der Waals surface area contributed by atoms with Crippen LogP contribution < -0.4 is 20.7 Å². The fourth-order valence-corrected chi connectivity index (χ4v) is 4.54. The second kappa shape index (κ2) is 13.1. The third kappa shape index (κ3) is 7.29. The zero-order valence-electron chi connectivity index (χ0n) is 19.5. The van der Waals surface area contributed by atoms with E-state index < -0.39 is 17.7 Å². The number of carbonyl (C=O) groups is 2. The third-order valence-corrected chi connectivity index (χ3v) is 6.53. The van der Waals surface area contributed by atoms with E-state index in [0.717, 1.165) is 12.4 Å². The Morgan fingerprint density at radius 3 is 2.76 bits per heavy atom. The lowest BCUT2D eigenvalue weighted by molar-refractivity contribution is 0.112. The van der Waals surface area contributed by atoms with Gasteiger partial charge in [-0.1, -0.05) is 23.5 Å². The number of benzene rings is 2. The lowest BCUT2D eigenvalue weighted by atomic mass is 10.1. The Hall–Kier alpha value is -4.41. The van der Waals surface area contributed by atoms with Gasteiger partial charge in [-0.15, -0.1) is 11.3 Å². The summed E-state index contributed by atoms with van der Waals surface area (Å²) in [6.45, 7) is -0.113. The summed E-state index contributed by atoms with van der Waals surface area (Å²) in [6.07, 6.45) is 2.33. The molecule has 0 aliphatic rings. The number of anilines is 2. The minimum absolute atomic E-state index is 0.113. The van der Waals surface area contributed by atoms with E-state index in [9.17, 15) is 18.4 Å². The number of thiazole rings is 2. The lowest BCUT2D eigenvalue weighted by Gasteiger charge is -2.06. The van der Waals surface area contributed by atoms with E-state index in [1.807, 2.05) is 0 Å². The fourth-order valence-electron chi connectivity index (χ4n) is 2.85. The topological polar surface area (TPSA) is 129 Å². The predicted molar refractivity (Wildman–Crippen MR) is 139 cm³/mol. The summed E-state index contributed by atoms with van der Waals surface area (Å²) < 4.78 is 32.6. The van der Waals surface area contributed by atoms with Gasteiger partial charge >= 0.3 is 6.03 Å². The Morgan fingerprint density at radius 1 is 1.24 bits per heavy atom. The number of methoxy groups -OCH3 is 1. The molecule has 2 amide bonds. The van der Waals surface area contributed by atoms with Crippen molar-refractivity contribution in [2.45, 2.75) is 0 Å². The predicted octanol–water partition coefficient (Wildman–Crippen LogP) is 5.41. The Labute approximate surface area is 218 Å². The molecular weight excluding hydrogens is 522 g/mol. The molecule has 13 heteroatoms. The summed E-state index contributed by atoms with van der Waals surface area (Å²) >= 11 is 2.46. The molecule has 0 radical (unpaired) electrons. The summed E-state index contributed by atoms with van der Waals surface area (Å²) in [7, 11) is 3.12. The van der Waals surface area contributed by atoms with Crippen LogP contribution in [-0.2, 0) is 0 Å². The van der Waals surface area contributed by atoms with Crippen LogP contribution in [0.25, 0.3) is 21.1 Å². The Bertz CT molecular complexity index is 1430. The van der Waals surface area contributed by atoms with Gasteiger partial charge in [-0.3, -0.25) is 10.1 Å². The molecule has 4 aromatic rings. The zero-order chi connectivity index (χ0) is 26.8. The quantitative estimate of drug-likeness (QED) is 0.210. The second-order valence-corrected chi connectivity index (χ2v) is 8.88. The van der Waals surface area contributed by atoms with E-state index in [4.69, 9.17) is 10.00 Å². The Balaban J connectivity index is 0.000000319. The molecule has 9 nitrogen and oxygen atoms in total. The standard InChI is InChI=1S/C16H12F2N6OS2.C8H8O2/c1-20-11-4-8(9(17)5-10(11)18)12-7-26-14(23-12)13-6-22-16(27-13)24-15(25)21-3-2-19;1-10-8-4-2-3-7(5-8)6-9/h4-7,20H,3H2,1H3,(H2,21,22,24,25);2-6H,1H3. The highest BCUT2D eigenvalue weighted by atomic mass is 32.1. The first-order valence-electron chi connectivity index (χ1n) is 10.5. The van der Waals surface area contributed by atoms with Crippen molar-refractivity contribution in [1.29, 1.82) is 5.26 Å². The van der Waals surface area contributed by atoms with Crippen LogP contribution in [0, 0.1) is 23.0 Å². The molecule has 0 atom stereocenters. The molecule has 0 aliphatic carbocycles. The van der Waals surface area contributed by atoms with Crippen molar-refractivity contribution in [2.75, 3.05) is 31.3 Å². The van der Waals surface area contributed by atoms with Crippen LogP contribution >= 0.6 is 22.7 Å². The van der Waals surface area contributed by atoms with Crippen molar-refractivity contribution in [3.63, 3.8) is 0 Å². The van der Waals surface area contributed by atoms with Crippen molar-refractivity contribution < 1.29 is 23.1 Å². The first-order chi connectivity index (χ1) is 17.9. The largest absolute Gasteiger partial charge is 0.497 e. The highest BCUT2D eigenvalue weighted by Crippen LogP contribution is 2.35. The minimum atomic E-state index is -0.704. The van der Waals surface area contributed by atoms with Gasteiger partial charge in [0.05, 0.1) is 35.6 Å². The van der Waals surface area contributed by atoms with Gasteiger partial charge in [-0.05, 0) is 18.2 Å². The molecule has 0 spiro atoms. The van der Waals surface area contributed by atoms with Crippen LogP contribution in [0.4, 0.5) is 24.4 Å². The monoisotopic (exact) mass is 542 g/mol. The summed E-state index contributed by atoms with van der Waals surface area (Å²) in [5.41, 5.74) is 1.37. The maximum Gasteiger partial charge on any atom is 0.321 e. The molecule has 0 saturated heterocycles. The van der Waals surface area contributed by atoms with Gasteiger partial charge in [0.2, 0.25) is 0 Å². The number of carbonyl (C=O) groups excluding carboxylic acids is 2. The average Bonchev–Trinajstić information content (AvgIpc) is 3.58. The number of halogens is 2. The number of ether oxygens (including phenoxy) is 1. The molecular formula is C24H20F2N6O3S2. The highest BCUT2D eigenvalue weighted by Gasteiger charge is 2.16. The molecule has 3 N–H and O–H groups in total. The van der Waals surface area contributed by atoms with Crippen LogP contribution in [0.15, 0.2) is 48.0 Å². The number of amides is 2. The number of aromatic nitrogens is 2. The molecule has 0 fully saturated rings. The van der Waals surface area contributed by atoms with Gasteiger partial charge in [-0.2, -0.15) is 5.26 Å². The summed E-state index contributed by atoms with van der Waals surface area (Å²) in [5, 5.41) is 18.5. The molecule has 2 heterocycles. The normalized spacial score (nSPS) is 9.92. The van der Waals surface area contributed by atoms with E-state index in [-0.39, 0.29) is 17.8 Å². The third-order valence-electron chi connectivity index (χ3n) is 4.60. The van der Waals surface area contributed by atoms with Crippen LogP contribution in [-0.4, -0.2) is 43.0 Å². The zero-order valence-corrected chi connectivity index (χ0v) is 21.2. The summed E-state index contributed by atoms with van der Waals surface area (Å²) in [6, 6.07) is 10.4. The van der Waals surface area contributed by atoms with E-state index in [1.54, 1.807) is 49.9 Å². The molecule has 0 aliphatic heterocycles. The molecule has 190 valence electrons. The average molecular weight is 543 g/mol. The van der Waals surface area contributed by atoms with Crippen LogP contribution in [0.1, 0.15) is 10.4 Å². The van der Waals surface area contributed by atoms with Gasteiger partial charge in [-0.25, -0.2) is 23.5 Å². The first kappa shape index (κ1) is 27.2. The maximum absolute atomic E-state index is 14.1. The molecule has 0 saturated carbocycles. The molecule has 0 unspecified atom stereocenters. The summed E-state index contributed by atoms with van der Waals surface area (Å²) in [4.78, 5) is 30.9.